The molecular formula is C15H28O3. The first-order valence-corrected chi connectivity index (χ1v) is 7.30. The molecule has 0 bridgehead atoms. The Morgan fingerprint density at radius 3 is 2.61 bits per heavy atom. The molecule has 0 aromatic rings. The SMILES string of the molecule is CCC(O)COC(=O)C1CC(C)CCC1C(C)C. The molecule has 1 fully saturated rings. The highest BCUT2D eigenvalue weighted by molar-refractivity contribution is 5.73. The summed E-state index contributed by atoms with van der Waals surface area (Å²) < 4.78 is 5.27. The van der Waals surface area contributed by atoms with Crippen LogP contribution in [0.2, 0.25) is 0 Å². The fourth-order valence-corrected chi connectivity index (χ4v) is 2.88. The van der Waals surface area contributed by atoms with Gasteiger partial charge in [-0.3, -0.25) is 4.79 Å². The molecule has 4 unspecified atom stereocenters. The number of hydrogen-bond acceptors (Lipinski definition) is 3. The van der Waals surface area contributed by atoms with Gasteiger partial charge in [0.1, 0.15) is 6.61 Å². The van der Waals surface area contributed by atoms with Crippen molar-refractivity contribution in [3.05, 3.63) is 0 Å². The second-order valence-corrected chi connectivity index (χ2v) is 6.12. The van der Waals surface area contributed by atoms with Gasteiger partial charge in [0.2, 0.25) is 0 Å². The summed E-state index contributed by atoms with van der Waals surface area (Å²) in [5.41, 5.74) is 0. The zero-order valence-corrected chi connectivity index (χ0v) is 12.2. The minimum atomic E-state index is -0.521. The summed E-state index contributed by atoms with van der Waals surface area (Å²) in [6.45, 7) is 8.60. The molecule has 4 atom stereocenters. The molecule has 0 amide bonds. The Hall–Kier alpha value is -0.570. The second-order valence-electron chi connectivity index (χ2n) is 6.12. The van der Waals surface area contributed by atoms with Crippen molar-refractivity contribution in [2.75, 3.05) is 6.61 Å². The van der Waals surface area contributed by atoms with Crippen LogP contribution in [0.15, 0.2) is 0 Å². The first kappa shape index (κ1) is 15.5. The Labute approximate surface area is 111 Å². The maximum absolute atomic E-state index is 12.1. The van der Waals surface area contributed by atoms with Crippen LogP contribution in [0.3, 0.4) is 0 Å². The number of ether oxygens (including phenoxy) is 1. The highest BCUT2D eigenvalue weighted by atomic mass is 16.5. The molecule has 1 saturated carbocycles. The lowest BCUT2D eigenvalue weighted by Crippen LogP contribution is -2.35. The van der Waals surface area contributed by atoms with Crippen molar-refractivity contribution >= 4 is 5.97 Å². The summed E-state index contributed by atoms with van der Waals surface area (Å²) >= 11 is 0. The van der Waals surface area contributed by atoms with Crippen LogP contribution in [0.4, 0.5) is 0 Å². The average Bonchev–Trinajstić information content (AvgIpc) is 2.34. The van der Waals surface area contributed by atoms with Gasteiger partial charge in [-0.2, -0.15) is 0 Å². The molecule has 0 saturated heterocycles. The van der Waals surface area contributed by atoms with Crippen molar-refractivity contribution in [1.29, 1.82) is 0 Å². The van der Waals surface area contributed by atoms with Crippen LogP contribution in [0.5, 0.6) is 0 Å². The number of carbonyl (C=O) groups excluding carboxylic acids is 1. The Balaban J connectivity index is 2.55. The van der Waals surface area contributed by atoms with Crippen molar-refractivity contribution in [2.24, 2.45) is 23.7 Å². The predicted molar refractivity (Wildman–Crippen MR) is 72.1 cm³/mol. The van der Waals surface area contributed by atoms with Crippen molar-refractivity contribution in [3.63, 3.8) is 0 Å². The maximum atomic E-state index is 12.1. The van der Waals surface area contributed by atoms with Gasteiger partial charge < -0.3 is 9.84 Å². The number of aliphatic hydroxyl groups excluding tert-OH is 1. The summed E-state index contributed by atoms with van der Waals surface area (Å²) in [5, 5.41) is 9.46. The van der Waals surface area contributed by atoms with Crippen LogP contribution >= 0.6 is 0 Å². The smallest absolute Gasteiger partial charge is 0.309 e. The first-order chi connectivity index (χ1) is 8.45. The molecule has 0 aromatic carbocycles. The average molecular weight is 256 g/mol. The first-order valence-electron chi connectivity index (χ1n) is 7.30. The lowest BCUT2D eigenvalue weighted by molar-refractivity contribution is -0.156. The molecule has 3 nitrogen and oxygen atoms in total. The number of hydrogen-bond donors (Lipinski definition) is 1. The van der Waals surface area contributed by atoms with E-state index in [2.05, 4.69) is 20.8 Å². The molecule has 0 aromatic heterocycles. The Morgan fingerprint density at radius 2 is 2.06 bits per heavy atom. The largest absolute Gasteiger partial charge is 0.463 e. The summed E-state index contributed by atoms with van der Waals surface area (Å²) in [6, 6.07) is 0. The van der Waals surface area contributed by atoms with E-state index in [9.17, 15) is 9.90 Å². The molecule has 0 heterocycles. The van der Waals surface area contributed by atoms with E-state index < -0.39 is 6.10 Å². The highest BCUT2D eigenvalue weighted by Gasteiger charge is 2.36. The Bertz CT molecular complexity index is 262. The fourth-order valence-electron chi connectivity index (χ4n) is 2.88. The predicted octanol–water partition coefficient (Wildman–Crippen LogP) is 3.01. The molecule has 1 rings (SSSR count). The van der Waals surface area contributed by atoms with Gasteiger partial charge >= 0.3 is 5.97 Å². The second kappa shape index (κ2) is 7.13. The van der Waals surface area contributed by atoms with Crippen molar-refractivity contribution < 1.29 is 14.6 Å². The van der Waals surface area contributed by atoms with Crippen molar-refractivity contribution in [3.8, 4) is 0 Å². The highest BCUT2D eigenvalue weighted by Crippen LogP contribution is 2.38. The molecule has 3 heteroatoms. The Kier molecular flexibility index (Phi) is 6.13. The van der Waals surface area contributed by atoms with E-state index in [0.717, 1.165) is 12.8 Å². The number of carbonyl (C=O) groups is 1. The quantitative estimate of drug-likeness (QED) is 0.769. The summed E-state index contributed by atoms with van der Waals surface area (Å²) in [7, 11) is 0. The van der Waals surface area contributed by atoms with E-state index in [1.807, 2.05) is 6.92 Å². The summed E-state index contributed by atoms with van der Waals surface area (Å²) in [5.74, 6) is 1.48. The summed E-state index contributed by atoms with van der Waals surface area (Å²) in [6.07, 6.45) is 3.37. The van der Waals surface area contributed by atoms with E-state index in [1.54, 1.807) is 0 Å². The van der Waals surface area contributed by atoms with Gasteiger partial charge in [-0.05, 0) is 37.0 Å². The fraction of sp³-hybridized carbons (Fsp3) is 0.933. The molecule has 106 valence electrons. The van der Waals surface area contributed by atoms with Gasteiger partial charge in [0.05, 0.1) is 12.0 Å². The van der Waals surface area contributed by atoms with E-state index in [4.69, 9.17) is 4.74 Å². The third-order valence-electron chi connectivity index (χ3n) is 4.21. The van der Waals surface area contributed by atoms with Gasteiger partial charge in [0.15, 0.2) is 0 Å². The van der Waals surface area contributed by atoms with E-state index in [0.29, 0.717) is 24.2 Å². The van der Waals surface area contributed by atoms with Crippen LogP contribution in [-0.4, -0.2) is 23.8 Å². The topological polar surface area (TPSA) is 46.5 Å². The molecule has 1 aliphatic rings. The lowest BCUT2D eigenvalue weighted by atomic mass is 9.70. The van der Waals surface area contributed by atoms with Gasteiger partial charge in [-0.25, -0.2) is 0 Å². The van der Waals surface area contributed by atoms with Crippen molar-refractivity contribution in [1.82, 2.24) is 0 Å². The molecule has 18 heavy (non-hydrogen) atoms. The van der Waals surface area contributed by atoms with E-state index in [-0.39, 0.29) is 18.5 Å². The zero-order chi connectivity index (χ0) is 13.7. The van der Waals surface area contributed by atoms with Gasteiger partial charge in [-0.1, -0.05) is 34.1 Å². The number of aliphatic hydroxyl groups is 1. The van der Waals surface area contributed by atoms with E-state index >= 15 is 0 Å². The molecular weight excluding hydrogens is 228 g/mol. The van der Waals surface area contributed by atoms with Gasteiger partial charge in [0.25, 0.3) is 0 Å². The van der Waals surface area contributed by atoms with Gasteiger partial charge in [-0.15, -0.1) is 0 Å². The van der Waals surface area contributed by atoms with Crippen LogP contribution in [-0.2, 0) is 9.53 Å². The van der Waals surface area contributed by atoms with E-state index in [1.165, 1.54) is 6.42 Å². The molecule has 1 aliphatic carbocycles. The number of rotatable bonds is 5. The number of esters is 1. The molecule has 0 radical (unpaired) electrons. The monoisotopic (exact) mass is 256 g/mol. The van der Waals surface area contributed by atoms with Gasteiger partial charge in [0, 0.05) is 0 Å². The van der Waals surface area contributed by atoms with Crippen LogP contribution in [0.1, 0.15) is 53.4 Å². The minimum absolute atomic E-state index is 0.0257. The maximum Gasteiger partial charge on any atom is 0.309 e. The van der Waals surface area contributed by atoms with Crippen LogP contribution < -0.4 is 0 Å². The normalized spacial score (nSPS) is 30.2. The van der Waals surface area contributed by atoms with Crippen molar-refractivity contribution in [2.45, 2.75) is 59.5 Å². The standard InChI is InChI=1S/C15H28O3/c1-5-12(16)9-18-15(17)14-8-11(4)6-7-13(14)10(2)3/h10-14,16H,5-9H2,1-4H3. The third-order valence-corrected chi connectivity index (χ3v) is 4.21. The lowest BCUT2D eigenvalue weighted by Gasteiger charge is -2.35. The van der Waals surface area contributed by atoms with Crippen LogP contribution in [0.25, 0.3) is 0 Å². The molecule has 1 N–H and O–H groups in total. The molecule has 0 aliphatic heterocycles. The zero-order valence-electron chi connectivity index (χ0n) is 12.2. The Morgan fingerprint density at radius 1 is 1.39 bits per heavy atom. The summed E-state index contributed by atoms with van der Waals surface area (Å²) in [4.78, 5) is 12.1. The van der Waals surface area contributed by atoms with Crippen LogP contribution in [0, 0.1) is 23.7 Å². The third kappa shape index (κ3) is 4.27. The molecule has 0 spiro atoms. The minimum Gasteiger partial charge on any atom is -0.463 e.